The number of hydrogen-bond donors (Lipinski definition) is 1. The highest BCUT2D eigenvalue weighted by molar-refractivity contribution is 6.27. The van der Waals surface area contributed by atoms with E-state index in [4.69, 9.17) is 4.74 Å². The zero-order chi connectivity index (χ0) is 20.4. The van der Waals surface area contributed by atoms with Gasteiger partial charge in [-0.2, -0.15) is 10.1 Å². The fourth-order valence-corrected chi connectivity index (χ4v) is 3.42. The molecule has 1 aliphatic rings. The molecule has 1 N–H and O–H groups in total. The molecular weight excluding hydrogens is 368 g/mol. The van der Waals surface area contributed by atoms with Gasteiger partial charge in [-0.25, -0.2) is 4.98 Å². The van der Waals surface area contributed by atoms with Gasteiger partial charge in [0.2, 0.25) is 0 Å². The van der Waals surface area contributed by atoms with Crippen molar-refractivity contribution in [3.8, 4) is 17.1 Å². The molecule has 1 aliphatic heterocycles. The average molecular weight is 388 g/mol. The molecule has 1 aromatic heterocycles. The number of imidazole rings is 1. The number of amides is 1. The quantitative estimate of drug-likeness (QED) is 0.657. The summed E-state index contributed by atoms with van der Waals surface area (Å²) < 4.78 is 5.21. The summed E-state index contributed by atoms with van der Waals surface area (Å²) in [6, 6.07) is 14.6. The minimum atomic E-state index is -0.881. The first-order valence-electron chi connectivity index (χ1n) is 9.21. The summed E-state index contributed by atoms with van der Waals surface area (Å²) in [5, 5.41) is 5.60. The first-order valence-corrected chi connectivity index (χ1v) is 9.21. The number of benzene rings is 2. The van der Waals surface area contributed by atoms with E-state index in [9.17, 15) is 9.59 Å². The Labute approximate surface area is 168 Å². The Morgan fingerprint density at radius 2 is 2.03 bits per heavy atom. The Morgan fingerprint density at radius 1 is 1.21 bits per heavy atom. The van der Waals surface area contributed by atoms with E-state index < -0.39 is 5.92 Å². The number of carbonyl (C=O) groups is 2. The molecule has 0 aliphatic carbocycles. The summed E-state index contributed by atoms with van der Waals surface area (Å²) in [6.07, 6.45) is 3.57. The molecule has 1 unspecified atom stereocenters. The SMILES string of the molecule is COc1cccc(N2N=C(C)C(C(=O)Cc3cccc(-c4ncc[nH]4)c3)C2=O)c1. The molecule has 0 saturated carbocycles. The number of methoxy groups -OCH3 is 1. The number of nitrogens with one attached hydrogen (secondary N) is 1. The molecule has 4 rings (SSSR count). The van der Waals surface area contributed by atoms with Gasteiger partial charge in [0.15, 0.2) is 5.78 Å². The van der Waals surface area contributed by atoms with Gasteiger partial charge in [0.05, 0.1) is 18.5 Å². The molecule has 0 saturated heterocycles. The summed E-state index contributed by atoms with van der Waals surface area (Å²) in [5.74, 6) is -0.0551. The van der Waals surface area contributed by atoms with Crippen LogP contribution >= 0.6 is 0 Å². The maximum Gasteiger partial charge on any atom is 0.263 e. The highest BCUT2D eigenvalue weighted by atomic mass is 16.5. The fourth-order valence-electron chi connectivity index (χ4n) is 3.42. The van der Waals surface area contributed by atoms with Gasteiger partial charge in [-0.3, -0.25) is 9.59 Å². The van der Waals surface area contributed by atoms with Gasteiger partial charge in [-0.05, 0) is 30.7 Å². The Bertz CT molecular complexity index is 1090. The van der Waals surface area contributed by atoms with Gasteiger partial charge < -0.3 is 9.72 Å². The van der Waals surface area contributed by atoms with E-state index in [1.807, 2.05) is 24.3 Å². The number of carbonyl (C=O) groups excluding carboxylic acids is 2. The number of ketones is 1. The van der Waals surface area contributed by atoms with E-state index in [0.717, 1.165) is 17.0 Å². The number of hydrazone groups is 1. The van der Waals surface area contributed by atoms with Crippen molar-refractivity contribution in [2.24, 2.45) is 11.0 Å². The summed E-state index contributed by atoms with van der Waals surface area (Å²) in [7, 11) is 1.56. The number of aromatic nitrogens is 2. The van der Waals surface area contributed by atoms with E-state index in [0.29, 0.717) is 17.1 Å². The summed E-state index contributed by atoms with van der Waals surface area (Å²) >= 11 is 0. The van der Waals surface area contributed by atoms with E-state index >= 15 is 0 Å². The van der Waals surface area contributed by atoms with Crippen LogP contribution in [-0.2, 0) is 16.0 Å². The zero-order valence-corrected chi connectivity index (χ0v) is 16.1. The Balaban J connectivity index is 1.53. The maximum atomic E-state index is 13.0. The predicted molar refractivity (Wildman–Crippen MR) is 110 cm³/mol. The van der Waals surface area contributed by atoms with Crippen LogP contribution < -0.4 is 9.75 Å². The van der Waals surface area contributed by atoms with Crippen molar-refractivity contribution in [2.45, 2.75) is 13.3 Å². The van der Waals surface area contributed by atoms with Crippen LogP contribution in [0.1, 0.15) is 12.5 Å². The molecule has 3 aromatic rings. The number of hydrogen-bond acceptors (Lipinski definition) is 5. The molecule has 0 bridgehead atoms. The van der Waals surface area contributed by atoms with Crippen LogP contribution in [0.4, 0.5) is 5.69 Å². The summed E-state index contributed by atoms with van der Waals surface area (Å²) in [4.78, 5) is 33.2. The fraction of sp³-hybridized carbons (Fsp3) is 0.182. The van der Waals surface area contributed by atoms with Crippen LogP contribution in [-0.4, -0.2) is 34.5 Å². The van der Waals surface area contributed by atoms with Gasteiger partial charge in [-0.1, -0.05) is 24.3 Å². The second-order valence-corrected chi connectivity index (χ2v) is 6.81. The minimum Gasteiger partial charge on any atom is -0.497 e. The molecule has 2 aromatic carbocycles. The van der Waals surface area contributed by atoms with Gasteiger partial charge in [0.1, 0.15) is 17.5 Å². The second kappa shape index (κ2) is 7.71. The number of H-pyrrole nitrogens is 1. The molecular formula is C22H20N4O3. The van der Waals surface area contributed by atoms with Crippen molar-refractivity contribution >= 4 is 23.1 Å². The zero-order valence-electron chi connectivity index (χ0n) is 16.1. The van der Waals surface area contributed by atoms with Crippen molar-refractivity contribution in [3.05, 3.63) is 66.5 Å². The number of aromatic amines is 1. The largest absolute Gasteiger partial charge is 0.497 e. The maximum absolute atomic E-state index is 13.0. The van der Waals surface area contributed by atoms with Crippen molar-refractivity contribution < 1.29 is 14.3 Å². The lowest BCUT2D eigenvalue weighted by molar-refractivity contribution is -0.128. The molecule has 0 radical (unpaired) electrons. The number of nitrogens with zero attached hydrogens (tertiary/aromatic N) is 3. The van der Waals surface area contributed by atoms with E-state index in [1.54, 1.807) is 50.7 Å². The van der Waals surface area contributed by atoms with E-state index in [2.05, 4.69) is 15.1 Å². The lowest BCUT2D eigenvalue weighted by Crippen LogP contribution is -2.33. The molecule has 0 fully saturated rings. The molecule has 29 heavy (non-hydrogen) atoms. The molecule has 2 heterocycles. The highest BCUT2D eigenvalue weighted by Crippen LogP contribution is 2.28. The van der Waals surface area contributed by atoms with Crippen molar-refractivity contribution in [1.29, 1.82) is 0 Å². The predicted octanol–water partition coefficient (Wildman–Crippen LogP) is 3.24. The highest BCUT2D eigenvalue weighted by Gasteiger charge is 2.39. The third-order valence-electron chi connectivity index (χ3n) is 4.83. The van der Waals surface area contributed by atoms with Crippen molar-refractivity contribution in [3.63, 3.8) is 0 Å². The summed E-state index contributed by atoms with van der Waals surface area (Å²) in [6.45, 7) is 1.71. The molecule has 1 amide bonds. The molecule has 7 heteroatoms. The van der Waals surface area contributed by atoms with Crippen LogP contribution in [0.25, 0.3) is 11.4 Å². The third kappa shape index (κ3) is 3.67. The third-order valence-corrected chi connectivity index (χ3v) is 4.83. The van der Waals surface area contributed by atoms with Crippen LogP contribution in [0.3, 0.4) is 0 Å². The topological polar surface area (TPSA) is 87.7 Å². The molecule has 7 nitrogen and oxygen atoms in total. The normalized spacial score (nSPS) is 16.1. The number of rotatable bonds is 6. The minimum absolute atomic E-state index is 0.143. The van der Waals surface area contributed by atoms with Crippen LogP contribution in [0.2, 0.25) is 0 Å². The Kier molecular flexibility index (Phi) is 4.95. The Morgan fingerprint density at radius 3 is 2.79 bits per heavy atom. The van der Waals surface area contributed by atoms with Gasteiger partial charge in [0, 0.05) is 30.4 Å². The number of ether oxygens (including phenoxy) is 1. The van der Waals surface area contributed by atoms with Crippen LogP contribution in [0.5, 0.6) is 5.75 Å². The van der Waals surface area contributed by atoms with Crippen molar-refractivity contribution in [2.75, 3.05) is 12.1 Å². The summed E-state index contributed by atoms with van der Waals surface area (Å²) in [5.41, 5.74) is 2.78. The van der Waals surface area contributed by atoms with Gasteiger partial charge in [-0.15, -0.1) is 0 Å². The number of Topliss-reactive ketones (excluding diaryl/α,β-unsaturated/α-hetero) is 1. The molecule has 0 spiro atoms. The van der Waals surface area contributed by atoms with E-state index in [-0.39, 0.29) is 18.1 Å². The molecule has 1 atom stereocenters. The van der Waals surface area contributed by atoms with Gasteiger partial charge in [0.25, 0.3) is 5.91 Å². The van der Waals surface area contributed by atoms with Crippen LogP contribution in [0.15, 0.2) is 66.0 Å². The lowest BCUT2D eigenvalue weighted by Gasteiger charge is -2.15. The monoisotopic (exact) mass is 388 g/mol. The Hall–Kier alpha value is -3.74. The first kappa shape index (κ1) is 18.6. The average Bonchev–Trinajstić information content (AvgIpc) is 3.36. The number of anilines is 1. The lowest BCUT2D eigenvalue weighted by atomic mass is 9.93. The standard InChI is InChI=1S/C22H20N4O3/c1-14-20(22(28)26(25-14)17-7-4-8-18(13-17)29-2)19(27)12-15-5-3-6-16(11-15)21-23-9-10-24-21/h3-11,13,20H,12H2,1-2H3,(H,23,24). The smallest absolute Gasteiger partial charge is 0.263 e. The second-order valence-electron chi connectivity index (χ2n) is 6.81. The van der Waals surface area contributed by atoms with E-state index in [1.165, 1.54) is 5.01 Å². The van der Waals surface area contributed by atoms with Gasteiger partial charge >= 0.3 is 0 Å². The van der Waals surface area contributed by atoms with Crippen LogP contribution in [0, 0.1) is 5.92 Å². The van der Waals surface area contributed by atoms with Crippen molar-refractivity contribution in [1.82, 2.24) is 9.97 Å². The first-order chi connectivity index (χ1) is 14.1. The molecule has 146 valence electrons.